The van der Waals surface area contributed by atoms with E-state index in [-0.39, 0.29) is 29.4 Å². The Labute approximate surface area is 182 Å². The first-order valence-electron chi connectivity index (χ1n) is 10.3. The van der Waals surface area contributed by atoms with E-state index >= 15 is 0 Å². The molecule has 1 heterocycles. The maximum absolute atomic E-state index is 4.82. The minimum atomic E-state index is 0. The van der Waals surface area contributed by atoms with Crippen molar-refractivity contribution in [2.24, 2.45) is 4.99 Å². The molecule has 152 valence electrons. The molecule has 4 nitrogen and oxygen atoms in total. The van der Waals surface area contributed by atoms with Crippen molar-refractivity contribution < 1.29 is 0 Å². The molecule has 2 fully saturated rings. The molecule has 0 bridgehead atoms. The SMILES string of the molecule is CCNC(=NCc1ccc(C(C)(C)C)cc1)NC1CCN(C2CC2)CC1.I. The van der Waals surface area contributed by atoms with Crippen LogP contribution < -0.4 is 10.6 Å². The molecule has 0 atom stereocenters. The zero-order chi connectivity index (χ0) is 18.6. The third kappa shape index (κ3) is 6.93. The van der Waals surface area contributed by atoms with Gasteiger partial charge in [-0.15, -0.1) is 24.0 Å². The van der Waals surface area contributed by atoms with Crippen LogP contribution in [0.4, 0.5) is 0 Å². The van der Waals surface area contributed by atoms with Gasteiger partial charge >= 0.3 is 0 Å². The van der Waals surface area contributed by atoms with Crippen LogP contribution in [0.3, 0.4) is 0 Å². The Morgan fingerprint density at radius 3 is 2.22 bits per heavy atom. The first-order chi connectivity index (χ1) is 12.5. The van der Waals surface area contributed by atoms with Crippen LogP contribution in [-0.2, 0) is 12.0 Å². The Kier molecular flexibility index (Phi) is 8.40. The van der Waals surface area contributed by atoms with E-state index in [4.69, 9.17) is 4.99 Å². The summed E-state index contributed by atoms with van der Waals surface area (Å²) in [6.45, 7) is 13.0. The van der Waals surface area contributed by atoms with Crippen molar-refractivity contribution >= 4 is 29.9 Å². The number of hydrogen-bond donors (Lipinski definition) is 2. The van der Waals surface area contributed by atoms with E-state index in [9.17, 15) is 0 Å². The van der Waals surface area contributed by atoms with Crippen LogP contribution in [0.25, 0.3) is 0 Å². The molecule has 1 aromatic carbocycles. The lowest BCUT2D eigenvalue weighted by atomic mass is 9.87. The molecule has 3 rings (SSSR count). The number of rotatable bonds is 5. The molecule has 1 saturated heterocycles. The lowest BCUT2D eigenvalue weighted by Gasteiger charge is -2.33. The average Bonchev–Trinajstić information content (AvgIpc) is 3.45. The maximum Gasteiger partial charge on any atom is 0.191 e. The molecular weight excluding hydrogens is 447 g/mol. The van der Waals surface area contributed by atoms with Crippen LogP contribution in [0.2, 0.25) is 0 Å². The Morgan fingerprint density at radius 2 is 1.70 bits per heavy atom. The minimum absolute atomic E-state index is 0. The van der Waals surface area contributed by atoms with Gasteiger partial charge in [0, 0.05) is 31.7 Å². The van der Waals surface area contributed by atoms with Crippen LogP contribution in [0.5, 0.6) is 0 Å². The van der Waals surface area contributed by atoms with E-state index in [1.807, 2.05) is 0 Å². The highest BCUT2D eigenvalue weighted by Gasteiger charge is 2.31. The van der Waals surface area contributed by atoms with Gasteiger partial charge in [0.2, 0.25) is 0 Å². The zero-order valence-electron chi connectivity index (χ0n) is 17.4. The number of nitrogens with one attached hydrogen (secondary N) is 2. The van der Waals surface area contributed by atoms with Gasteiger partial charge in [0.15, 0.2) is 5.96 Å². The van der Waals surface area contributed by atoms with Gasteiger partial charge in [-0.1, -0.05) is 45.0 Å². The van der Waals surface area contributed by atoms with E-state index in [1.54, 1.807) is 0 Å². The predicted octanol–water partition coefficient (Wildman–Crippen LogP) is 4.28. The molecule has 1 aliphatic carbocycles. The van der Waals surface area contributed by atoms with E-state index < -0.39 is 0 Å². The van der Waals surface area contributed by atoms with Crippen molar-refractivity contribution in [2.75, 3.05) is 19.6 Å². The summed E-state index contributed by atoms with van der Waals surface area (Å²) in [6.07, 6.45) is 5.27. The highest BCUT2D eigenvalue weighted by molar-refractivity contribution is 14.0. The second-order valence-corrected chi connectivity index (χ2v) is 8.83. The average molecular weight is 484 g/mol. The normalized spacial score (nSPS) is 19.5. The molecule has 0 amide bonds. The molecule has 27 heavy (non-hydrogen) atoms. The monoisotopic (exact) mass is 484 g/mol. The fraction of sp³-hybridized carbons (Fsp3) is 0.682. The van der Waals surface area contributed by atoms with Crippen molar-refractivity contribution in [3.63, 3.8) is 0 Å². The van der Waals surface area contributed by atoms with E-state index in [1.165, 1.54) is 49.9 Å². The number of aliphatic imine (C=N–C) groups is 1. The molecule has 2 N–H and O–H groups in total. The molecule has 1 saturated carbocycles. The third-order valence-electron chi connectivity index (χ3n) is 5.52. The summed E-state index contributed by atoms with van der Waals surface area (Å²) in [4.78, 5) is 7.48. The van der Waals surface area contributed by atoms with Crippen LogP contribution in [0.15, 0.2) is 29.3 Å². The number of hydrogen-bond acceptors (Lipinski definition) is 2. The standard InChI is InChI=1S/C22H36N4.HI/c1-5-23-21(25-19-12-14-26(15-13-19)20-10-11-20)24-16-17-6-8-18(9-7-17)22(2,3)4;/h6-9,19-20H,5,10-16H2,1-4H3,(H2,23,24,25);1H. The number of halogens is 1. The molecule has 1 aliphatic heterocycles. The van der Waals surface area contributed by atoms with Gasteiger partial charge in [0.25, 0.3) is 0 Å². The molecule has 0 unspecified atom stereocenters. The Bertz CT molecular complexity index is 594. The topological polar surface area (TPSA) is 39.7 Å². The summed E-state index contributed by atoms with van der Waals surface area (Å²) < 4.78 is 0. The van der Waals surface area contributed by atoms with Gasteiger partial charge in [0.05, 0.1) is 6.54 Å². The summed E-state index contributed by atoms with van der Waals surface area (Å²) in [5.41, 5.74) is 2.84. The van der Waals surface area contributed by atoms with Crippen molar-refractivity contribution in [3.05, 3.63) is 35.4 Å². The Balaban J connectivity index is 0.00000261. The second kappa shape index (κ2) is 10.1. The molecule has 0 radical (unpaired) electrons. The first-order valence-corrected chi connectivity index (χ1v) is 10.3. The smallest absolute Gasteiger partial charge is 0.191 e. The number of guanidine groups is 1. The summed E-state index contributed by atoms with van der Waals surface area (Å²) in [5, 5.41) is 7.06. The van der Waals surface area contributed by atoms with Crippen molar-refractivity contribution in [1.29, 1.82) is 0 Å². The zero-order valence-corrected chi connectivity index (χ0v) is 19.8. The summed E-state index contributed by atoms with van der Waals surface area (Å²) in [7, 11) is 0. The van der Waals surface area contributed by atoms with Gasteiger partial charge < -0.3 is 15.5 Å². The van der Waals surface area contributed by atoms with Gasteiger partial charge in [-0.2, -0.15) is 0 Å². The van der Waals surface area contributed by atoms with Crippen LogP contribution >= 0.6 is 24.0 Å². The number of piperidine rings is 1. The Hall–Kier alpha value is -0.820. The molecule has 0 aromatic heterocycles. The molecule has 2 aliphatic rings. The van der Waals surface area contributed by atoms with Gasteiger partial charge in [0.1, 0.15) is 0 Å². The molecule has 0 spiro atoms. The number of likely N-dealkylation sites (tertiary alicyclic amines) is 1. The molecular formula is C22H37IN4. The predicted molar refractivity (Wildman–Crippen MR) is 126 cm³/mol. The van der Waals surface area contributed by atoms with E-state index in [0.717, 1.165) is 25.1 Å². The maximum atomic E-state index is 4.82. The number of benzene rings is 1. The van der Waals surface area contributed by atoms with Crippen molar-refractivity contribution in [2.45, 2.75) is 77.4 Å². The van der Waals surface area contributed by atoms with E-state index in [2.05, 4.69) is 67.5 Å². The van der Waals surface area contributed by atoms with Gasteiger partial charge in [-0.05, 0) is 49.1 Å². The fourth-order valence-electron chi connectivity index (χ4n) is 3.64. The van der Waals surface area contributed by atoms with Crippen LogP contribution in [0.1, 0.15) is 64.5 Å². The molecule has 5 heteroatoms. The van der Waals surface area contributed by atoms with Crippen molar-refractivity contribution in [3.8, 4) is 0 Å². The quantitative estimate of drug-likeness (QED) is 0.372. The summed E-state index contributed by atoms with van der Waals surface area (Å²) in [5.74, 6) is 0.956. The fourth-order valence-corrected chi connectivity index (χ4v) is 3.64. The summed E-state index contributed by atoms with van der Waals surface area (Å²) >= 11 is 0. The second-order valence-electron chi connectivity index (χ2n) is 8.83. The third-order valence-corrected chi connectivity index (χ3v) is 5.52. The lowest BCUT2D eigenvalue weighted by molar-refractivity contribution is 0.197. The lowest BCUT2D eigenvalue weighted by Crippen LogP contribution is -2.49. The highest BCUT2D eigenvalue weighted by Crippen LogP contribution is 2.29. The van der Waals surface area contributed by atoms with Gasteiger partial charge in [-0.25, -0.2) is 4.99 Å². The van der Waals surface area contributed by atoms with Crippen molar-refractivity contribution in [1.82, 2.24) is 15.5 Å². The summed E-state index contributed by atoms with van der Waals surface area (Å²) in [6, 6.07) is 10.3. The van der Waals surface area contributed by atoms with Crippen LogP contribution in [-0.4, -0.2) is 42.6 Å². The first kappa shape index (κ1) is 22.5. The van der Waals surface area contributed by atoms with E-state index in [0.29, 0.717) is 6.04 Å². The largest absolute Gasteiger partial charge is 0.357 e. The molecule has 1 aromatic rings. The Morgan fingerprint density at radius 1 is 1.07 bits per heavy atom. The van der Waals surface area contributed by atoms with Gasteiger partial charge in [-0.3, -0.25) is 0 Å². The number of nitrogens with zero attached hydrogens (tertiary/aromatic N) is 2. The highest BCUT2D eigenvalue weighted by atomic mass is 127. The van der Waals surface area contributed by atoms with Crippen LogP contribution in [0, 0.1) is 0 Å². The minimum Gasteiger partial charge on any atom is -0.357 e.